The number of ether oxygens (including phenoxy) is 2. The summed E-state index contributed by atoms with van der Waals surface area (Å²) in [5, 5.41) is 24.4. The van der Waals surface area contributed by atoms with Gasteiger partial charge in [0.1, 0.15) is 18.5 Å². The van der Waals surface area contributed by atoms with E-state index < -0.39 is 36.0 Å². The van der Waals surface area contributed by atoms with Crippen LogP contribution in [0, 0.1) is 0 Å². The lowest BCUT2D eigenvalue weighted by Crippen LogP contribution is -2.55. The molecule has 212 valence electrons. The van der Waals surface area contributed by atoms with E-state index in [0.717, 1.165) is 0 Å². The Bertz CT molecular complexity index is 1360. The summed E-state index contributed by atoms with van der Waals surface area (Å²) >= 11 is 12.5. The summed E-state index contributed by atoms with van der Waals surface area (Å²) in [7, 11) is 1.43. The third-order valence-electron chi connectivity index (χ3n) is 6.91. The van der Waals surface area contributed by atoms with Gasteiger partial charge in [-0.05, 0) is 48.4 Å². The first-order valence-corrected chi connectivity index (χ1v) is 13.5. The highest BCUT2D eigenvalue weighted by Gasteiger charge is 2.51. The molecule has 0 aromatic heterocycles. The minimum Gasteiger partial charge on any atom is -0.493 e. The summed E-state index contributed by atoms with van der Waals surface area (Å²) in [6, 6.07) is 7.01. The van der Waals surface area contributed by atoms with Crippen molar-refractivity contribution in [2.45, 2.75) is 44.1 Å². The number of aliphatic hydroxyl groups is 2. The Labute approximate surface area is 242 Å². The van der Waals surface area contributed by atoms with Crippen molar-refractivity contribution in [1.82, 2.24) is 10.2 Å². The Kier molecular flexibility index (Phi) is 9.52. The topological polar surface area (TPSA) is 125 Å². The van der Waals surface area contributed by atoms with Crippen molar-refractivity contribution < 1.29 is 34.1 Å². The van der Waals surface area contributed by atoms with Gasteiger partial charge in [-0.1, -0.05) is 42.3 Å². The van der Waals surface area contributed by atoms with Crippen molar-refractivity contribution in [2.24, 2.45) is 0 Å². The van der Waals surface area contributed by atoms with Crippen LogP contribution < -0.4 is 14.8 Å². The maximum absolute atomic E-state index is 13.5. The van der Waals surface area contributed by atoms with Crippen molar-refractivity contribution in [2.75, 3.05) is 20.3 Å². The third kappa shape index (κ3) is 5.88. The third-order valence-corrected chi connectivity index (χ3v) is 7.49. The number of fused-ring (bicyclic) bond motifs is 3. The molecular formula is C29H30Cl2N2O7. The van der Waals surface area contributed by atoms with E-state index in [1.807, 2.05) is 6.92 Å². The standard InChI is InChI=1S/C29H30Cl2N2O7/c1-3-4-5-24(36)33(14-17-6-7-18(30)12-21(17)31)22-13-20(29(38)32-8-9-34)25-19-10-16(15-35)11-23(39-2)27(19)40-28(25)26(22)37/h4-7,10-13,15,22,25-26,28,34,37H,3,8-9,14H2,1-2H3,(H,32,38). The monoisotopic (exact) mass is 588 g/mol. The molecule has 0 saturated carbocycles. The Balaban J connectivity index is 1.84. The van der Waals surface area contributed by atoms with Crippen molar-refractivity contribution in [3.8, 4) is 11.5 Å². The molecule has 1 aliphatic heterocycles. The Morgan fingerprint density at radius 3 is 2.65 bits per heavy atom. The van der Waals surface area contributed by atoms with Gasteiger partial charge in [-0.2, -0.15) is 0 Å². The molecule has 1 aliphatic carbocycles. The molecule has 11 heteroatoms. The summed E-state index contributed by atoms with van der Waals surface area (Å²) in [6.45, 7) is 1.61. The molecule has 0 spiro atoms. The van der Waals surface area contributed by atoms with Crippen molar-refractivity contribution >= 4 is 41.3 Å². The first-order chi connectivity index (χ1) is 19.2. The predicted molar refractivity (Wildman–Crippen MR) is 150 cm³/mol. The minimum absolute atomic E-state index is 0.00550. The molecule has 2 aliphatic rings. The summed E-state index contributed by atoms with van der Waals surface area (Å²) in [5.41, 5.74) is 1.62. The number of methoxy groups -OCH3 is 1. The number of carbonyl (C=O) groups is 3. The zero-order valence-electron chi connectivity index (χ0n) is 22.0. The van der Waals surface area contributed by atoms with E-state index >= 15 is 0 Å². The van der Waals surface area contributed by atoms with Gasteiger partial charge in [-0.3, -0.25) is 14.4 Å². The molecule has 0 bridgehead atoms. The van der Waals surface area contributed by atoms with Crippen molar-refractivity contribution in [1.29, 1.82) is 0 Å². The summed E-state index contributed by atoms with van der Waals surface area (Å²) in [6.07, 6.45) is 3.65. The number of aldehydes is 1. The van der Waals surface area contributed by atoms with E-state index in [9.17, 15) is 24.6 Å². The molecule has 1 heterocycles. The highest BCUT2D eigenvalue weighted by molar-refractivity contribution is 6.35. The van der Waals surface area contributed by atoms with Crippen LogP contribution in [0.3, 0.4) is 0 Å². The van der Waals surface area contributed by atoms with Crippen molar-refractivity contribution in [3.63, 3.8) is 0 Å². The highest BCUT2D eigenvalue weighted by Crippen LogP contribution is 2.51. The molecule has 4 rings (SSSR count). The van der Waals surface area contributed by atoms with Gasteiger partial charge in [-0.15, -0.1) is 0 Å². The molecule has 2 aromatic carbocycles. The maximum atomic E-state index is 13.5. The lowest BCUT2D eigenvalue weighted by atomic mass is 9.77. The van der Waals surface area contributed by atoms with Gasteiger partial charge in [0.15, 0.2) is 11.5 Å². The number of aliphatic hydroxyl groups excluding tert-OH is 2. The van der Waals surface area contributed by atoms with E-state index in [1.54, 1.807) is 36.4 Å². The average molecular weight is 589 g/mol. The van der Waals surface area contributed by atoms with Crippen LogP contribution in [0.1, 0.15) is 40.7 Å². The molecule has 40 heavy (non-hydrogen) atoms. The molecule has 0 radical (unpaired) electrons. The largest absolute Gasteiger partial charge is 0.493 e. The first kappa shape index (κ1) is 29.6. The van der Waals surface area contributed by atoms with Crippen LogP contribution in [0.25, 0.3) is 0 Å². The lowest BCUT2D eigenvalue weighted by Gasteiger charge is -2.40. The lowest BCUT2D eigenvalue weighted by molar-refractivity contribution is -0.133. The van der Waals surface area contributed by atoms with E-state index in [4.69, 9.17) is 32.7 Å². The number of nitrogens with zero attached hydrogens (tertiary/aromatic N) is 1. The predicted octanol–water partition coefficient (Wildman–Crippen LogP) is 3.43. The number of carbonyl (C=O) groups excluding carboxylic acids is 3. The number of allylic oxidation sites excluding steroid dienone is 1. The van der Waals surface area contributed by atoms with Crippen LogP contribution in [-0.2, 0) is 16.1 Å². The SMILES string of the molecule is CCC=CC(=O)N(Cc1ccc(Cl)cc1Cl)C1C=C(C(=O)NCCO)C2c3cc(C=O)cc(OC)c3OC2C1O. The fourth-order valence-corrected chi connectivity index (χ4v) is 5.50. The minimum atomic E-state index is -1.28. The first-order valence-electron chi connectivity index (χ1n) is 12.8. The zero-order valence-corrected chi connectivity index (χ0v) is 23.5. The smallest absolute Gasteiger partial charge is 0.247 e. The molecule has 9 nitrogen and oxygen atoms in total. The van der Waals surface area contributed by atoms with E-state index in [-0.39, 0.29) is 31.0 Å². The molecule has 4 unspecified atom stereocenters. The molecule has 0 saturated heterocycles. The molecule has 0 fully saturated rings. The van der Waals surface area contributed by atoms with Gasteiger partial charge in [-0.25, -0.2) is 0 Å². The zero-order chi connectivity index (χ0) is 29.0. The second-order valence-electron chi connectivity index (χ2n) is 9.41. The van der Waals surface area contributed by atoms with Crippen LogP contribution in [0.15, 0.2) is 54.1 Å². The quantitative estimate of drug-likeness (QED) is 0.287. The van der Waals surface area contributed by atoms with Crippen LogP contribution in [0.2, 0.25) is 10.0 Å². The Morgan fingerprint density at radius 1 is 1.23 bits per heavy atom. The summed E-state index contributed by atoms with van der Waals surface area (Å²) in [4.78, 5) is 39.9. The van der Waals surface area contributed by atoms with Crippen LogP contribution in [-0.4, -0.2) is 71.7 Å². The number of hydrogen-bond donors (Lipinski definition) is 3. The maximum Gasteiger partial charge on any atom is 0.247 e. The van der Waals surface area contributed by atoms with Gasteiger partial charge < -0.3 is 29.9 Å². The second kappa shape index (κ2) is 12.9. The Hall–Kier alpha value is -3.37. The molecule has 3 N–H and O–H groups in total. The normalized spacial score (nSPS) is 21.2. The highest BCUT2D eigenvalue weighted by atomic mass is 35.5. The van der Waals surface area contributed by atoms with Crippen LogP contribution in [0.5, 0.6) is 11.5 Å². The molecule has 2 aromatic rings. The second-order valence-corrected chi connectivity index (χ2v) is 10.3. The van der Waals surface area contributed by atoms with Gasteiger partial charge in [0.2, 0.25) is 11.8 Å². The van der Waals surface area contributed by atoms with Crippen molar-refractivity contribution in [3.05, 3.63) is 80.9 Å². The number of amides is 2. The molecule has 4 atom stereocenters. The summed E-state index contributed by atoms with van der Waals surface area (Å²) < 4.78 is 11.6. The number of rotatable bonds is 10. The average Bonchev–Trinajstić information content (AvgIpc) is 3.34. The Morgan fingerprint density at radius 2 is 2.00 bits per heavy atom. The fraction of sp³-hybridized carbons (Fsp3) is 0.345. The number of benzene rings is 2. The van der Waals surface area contributed by atoms with E-state index in [0.29, 0.717) is 45.2 Å². The van der Waals surface area contributed by atoms with Gasteiger partial charge in [0, 0.05) is 39.8 Å². The fourth-order valence-electron chi connectivity index (χ4n) is 5.04. The van der Waals surface area contributed by atoms with E-state index in [2.05, 4.69) is 5.32 Å². The van der Waals surface area contributed by atoms with E-state index in [1.165, 1.54) is 24.2 Å². The summed E-state index contributed by atoms with van der Waals surface area (Å²) in [5.74, 6) is -1.10. The van der Waals surface area contributed by atoms with Gasteiger partial charge in [0.25, 0.3) is 0 Å². The number of hydrogen-bond acceptors (Lipinski definition) is 7. The van der Waals surface area contributed by atoms with Crippen LogP contribution >= 0.6 is 23.2 Å². The van der Waals surface area contributed by atoms with Gasteiger partial charge in [0.05, 0.1) is 25.7 Å². The number of halogens is 2. The molecule has 2 amide bonds. The van der Waals surface area contributed by atoms with Crippen LogP contribution in [0.4, 0.5) is 0 Å². The number of nitrogens with one attached hydrogen (secondary N) is 1. The molecular weight excluding hydrogens is 559 g/mol. The van der Waals surface area contributed by atoms with Gasteiger partial charge >= 0.3 is 0 Å².